The van der Waals surface area contributed by atoms with E-state index in [1.165, 1.54) is 11.1 Å². The van der Waals surface area contributed by atoms with Gasteiger partial charge in [0, 0.05) is 5.75 Å². The summed E-state index contributed by atoms with van der Waals surface area (Å²) in [5.41, 5.74) is 8.71. The molecule has 1 aliphatic carbocycles. The molecule has 2 rings (SSSR count). The molecular formula is C16H25NO2S. The quantitative estimate of drug-likeness (QED) is 0.876. The van der Waals surface area contributed by atoms with Crippen molar-refractivity contribution in [3.05, 3.63) is 35.4 Å². The zero-order valence-electron chi connectivity index (χ0n) is 12.3. The molecule has 2 N–H and O–H groups in total. The molecule has 0 saturated carbocycles. The molecule has 0 aromatic heterocycles. The summed E-state index contributed by atoms with van der Waals surface area (Å²) in [4.78, 5) is 0. The molecule has 0 radical (unpaired) electrons. The Balaban J connectivity index is 2.09. The zero-order valence-corrected chi connectivity index (χ0v) is 13.1. The highest BCUT2D eigenvalue weighted by Crippen LogP contribution is 2.37. The fraction of sp³-hybridized carbons (Fsp3) is 0.625. The Morgan fingerprint density at radius 1 is 1.20 bits per heavy atom. The molecule has 1 aromatic carbocycles. The molecule has 0 saturated heterocycles. The molecule has 1 aliphatic rings. The van der Waals surface area contributed by atoms with E-state index in [1.807, 2.05) is 6.92 Å². The van der Waals surface area contributed by atoms with Gasteiger partial charge in [-0.05, 0) is 55.2 Å². The van der Waals surface area contributed by atoms with Gasteiger partial charge in [-0.2, -0.15) is 0 Å². The topological polar surface area (TPSA) is 60.2 Å². The van der Waals surface area contributed by atoms with Crippen LogP contribution in [0.4, 0.5) is 0 Å². The van der Waals surface area contributed by atoms with Gasteiger partial charge in [0.2, 0.25) is 0 Å². The lowest BCUT2D eigenvalue weighted by Crippen LogP contribution is -2.38. The largest absolute Gasteiger partial charge is 0.330 e. The van der Waals surface area contributed by atoms with Crippen LogP contribution in [0, 0.1) is 5.41 Å². The number of fused-ring (bicyclic) bond motifs is 1. The summed E-state index contributed by atoms with van der Waals surface area (Å²) in [7, 11) is -2.91. The predicted molar refractivity (Wildman–Crippen MR) is 83.5 cm³/mol. The van der Waals surface area contributed by atoms with Gasteiger partial charge in [-0.1, -0.05) is 31.2 Å². The van der Waals surface area contributed by atoms with Crippen molar-refractivity contribution < 1.29 is 8.42 Å². The number of benzene rings is 1. The summed E-state index contributed by atoms with van der Waals surface area (Å²) in [6.45, 7) is 2.48. The SMILES string of the molecule is CCCS(=O)(=O)CCC1(CN)CCc2ccccc2C1. The van der Waals surface area contributed by atoms with Gasteiger partial charge in [0.1, 0.15) is 9.84 Å². The molecule has 0 aliphatic heterocycles. The monoisotopic (exact) mass is 295 g/mol. The van der Waals surface area contributed by atoms with Crippen LogP contribution in [0.3, 0.4) is 0 Å². The number of hydrogen-bond donors (Lipinski definition) is 1. The van der Waals surface area contributed by atoms with Gasteiger partial charge in [-0.3, -0.25) is 0 Å². The van der Waals surface area contributed by atoms with Crippen LogP contribution < -0.4 is 5.73 Å². The van der Waals surface area contributed by atoms with Crippen LogP contribution in [-0.2, 0) is 22.7 Å². The number of rotatable bonds is 6. The molecule has 1 unspecified atom stereocenters. The van der Waals surface area contributed by atoms with E-state index in [-0.39, 0.29) is 11.2 Å². The van der Waals surface area contributed by atoms with E-state index in [0.29, 0.717) is 25.1 Å². The van der Waals surface area contributed by atoms with Crippen LogP contribution in [-0.4, -0.2) is 26.5 Å². The standard InChI is InChI=1S/C16H25NO2S/c1-2-10-20(18,19)11-9-16(13-17)8-7-14-5-3-4-6-15(14)12-16/h3-6H,2,7-13,17H2,1H3. The van der Waals surface area contributed by atoms with Gasteiger partial charge in [0.25, 0.3) is 0 Å². The maximum Gasteiger partial charge on any atom is 0.150 e. The van der Waals surface area contributed by atoms with E-state index < -0.39 is 9.84 Å². The third-order valence-corrected chi connectivity index (χ3v) is 6.36. The summed E-state index contributed by atoms with van der Waals surface area (Å²) in [5, 5.41) is 0. The number of aryl methyl sites for hydroxylation is 1. The van der Waals surface area contributed by atoms with E-state index in [9.17, 15) is 8.42 Å². The first kappa shape index (κ1) is 15.5. The Bertz CT molecular complexity index is 553. The van der Waals surface area contributed by atoms with Crippen LogP contribution >= 0.6 is 0 Å². The molecular weight excluding hydrogens is 270 g/mol. The molecule has 112 valence electrons. The number of nitrogens with two attached hydrogens (primary N) is 1. The third-order valence-electron chi connectivity index (χ3n) is 4.50. The Kier molecular flexibility index (Phi) is 4.86. The molecule has 0 fully saturated rings. The van der Waals surface area contributed by atoms with E-state index >= 15 is 0 Å². The first-order valence-electron chi connectivity index (χ1n) is 7.47. The molecule has 3 nitrogen and oxygen atoms in total. The average Bonchev–Trinajstić information content (AvgIpc) is 2.45. The first-order chi connectivity index (χ1) is 9.50. The second-order valence-electron chi connectivity index (χ2n) is 6.05. The molecule has 4 heteroatoms. The molecule has 0 bridgehead atoms. The van der Waals surface area contributed by atoms with E-state index in [1.54, 1.807) is 0 Å². The van der Waals surface area contributed by atoms with Gasteiger partial charge in [0.05, 0.1) is 5.75 Å². The van der Waals surface area contributed by atoms with Crippen molar-refractivity contribution in [1.82, 2.24) is 0 Å². The van der Waals surface area contributed by atoms with E-state index in [4.69, 9.17) is 5.73 Å². The predicted octanol–water partition coefficient (Wildman–Crippen LogP) is 2.34. The Morgan fingerprint density at radius 2 is 1.90 bits per heavy atom. The summed E-state index contributed by atoms with van der Waals surface area (Å²) in [6, 6.07) is 8.45. The minimum atomic E-state index is -2.91. The fourth-order valence-electron chi connectivity index (χ4n) is 3.14. The fourth-order valence-corrected chi connectivity index (χ4v) is 4.71. The normalized spacial score (nSPS) is 22.5. The average molecular weight is 295 g/mol. The third kappa shape index (κ3) is 3.61. The van der Waals surface area contributed by atoms with Gasteiger partial charge >= 0.3 is 0 Å². The van der Waals surface area contributed by atoms with E-state index in [0.717, 1.165) is 19.3 Å². The maximum atomic E-state index is 11.9. The molecule has 0 spiro atoms. The number of hydrogen-bond acceptors (Lipinski definition) is 3. The van der Waals surface area contributed by atoms with Crippen LogP contribution in [0.25, 0.3) is 0 Å². The van der Waals surface area contributed by atoms with E-state index in [2.05, 4.69) is 24.3 Å². The molecule has 0 heterocycles. The van der Waals surface area contributed by atoms with Gasteiger partial charge in [-0.25, -0.2) is 8.42 Å². The van der Waals surface area contributed by atoms with Crippen molar-refractivity contribution in [3.63, 3.8) is 0 Å². The van der Waals surface area contributed by atoms with Gasteiger partial charge < -0.3 is 5.73 Å². The Labute approximate surface area is 122 Å². The van der Waals surface area contributed by atoms with Crippen molar-refractivity contribution in [2.75, 3.05) is 18.1 Å². The summed E-state index contributed by atoms with van der Waals surface area (Å²) in [5.74, 6) is 0.574. The van der Waals surface area contributed by atoms with Crippen molar-refractivity contribution in [2.45, 2.75) is 39.0 Å². The van der Waals surface area contributed by atoms with Crippen LogP contribution in [0.2, 0.25) is 0 Å². The van der Waals surface area contributed by atoms with Crippen molar-refractivity contribution in [2.24, 2.45) is 11.1 Å². The van der Waals surface area contributed by atoms with Crippen LogP contribution in [0.1, 0.15) is 37.3 Å². The van der Waals surface area contributed by atoms with Crippen molar-refractivity contribution in [1.29, 1.82) is 0 Å². The summed E-state index contributed by atoms with van der Waals surface area (Å²) >= 11 is 0. The smallest absolute Gasteiger partial charge is 0.150 e. The lowest BCUT2D eigenvalue weighted by Gasteiger charge is -2.37. The minimum absolute atomic E-state index is 0.0326. The molecule has 0 amide bonds. The second-order valence-corrected chi connectivity index (χ2v) is 8.36. The molecule has 1 atom stereocenters. The van der Waals surface area contributed by atoms with Crippen LogP contribution in [0.15, 0.2) is 24.3 Å². The summed E-state index contributed by atoms with van der Waals surface area (Å²) < 4.78 is 23.9. The second kappa shape index (κ2) is 6.27. The lowest BCUT2D eigenvalue weighted by molar-refractivity contribution is 0.246. The highest BCUT2D eigenvalue weighted by atomic mass is 32.2. The highest BCUT2D eigenvalue weighted by molar-refractivity contribution is 7.91. The number of sulfone groups is 1. The maximum absolute atomic E-state index is 11.9. The van der Waals surface area contributed by atoms with Gasteiger partial charge in [0.15, 0.2) is 0 Å². The Hall–Kier alpha value is -0.870. The zero-order chi connectivity index (χ0) is 14.6. The lowest BCUT2D eigenvalue weighted by atomic mass is 9.70. The summed E-state index contributed by atoms with van der Waals surface area (Å²) in [6.07, 6.45) is 4.33. The molecule has 1 aromatic rings. The van der Waals surface area contributed by atoms with Crippen molar-refractivity contribution >= 4 is 9.84 Å². The van der Waals surface area contributed by atoms with Crippen molar-refractivity contribution in [3.8, 4) is 0 Å². The molecule has 20 heavy (non-hydrogen) atoms. The Morgan fingerprint density at radius 3 is 2.55 bits per heavy atom. The van der Waals surface area contributed by atoms with Crippen LogP contribution in [0.5, 0.6) is 0 Å². The highest BCUT2D eigenvalue weighted by Gasteiger charge is 2.34. The first-order valence-corrected chi connectivity index (χ1v) is 9.30. The minimum Gasteiger partial charge on any atom is -0.330 e. The van der Waals surface area contributed by atoms with Gasteiger partial charge in [-0.15, -0.1) is 0 Å².